The fourth-order valence-corrected chi connectivity index (χ4v) is 4.57. The normalized spacial score (nSPS) is 22.4. The van der Waals surface area contributed by atoms with Gasteiger partial charge in [0.25, 0.3) is 0 Å². The molecule has 3 aliphatic rings. The SMILES string of the molecule is CCc1c(C)[nH]c2c1C(N1CCOCC1)=C(CN1CCOCC1)CC2. The maximum Gasteiger partial charge on any atom is 0.0642 e. The second-order valence-corrected chi connectivity index (χ2v) is 7.38. The summed E-state index contributed by atoms with van der Waals surface area (Å²) in [4.78, 5) is 8.84. The number of fused-ring (bicyclic) bond motifs is 1. The highest BCUT2D eigenvalue weighted by atomic mass is 16.5. The first-order valence-corrected chi connectivity index (χ1v) is 9.83. The van der Waals surface area contributed by atoms with E-state index in [2.05, 4.69) is 28.6 Å². The van der Waals surface area contributed by atoms with Gasteiger partial charge in [-0.2, -0.15) is 0 Å². The molecule has 0 spiro atoms. The van der Waals surface area contributed by atoms with Crippen molar-refractivity contribution < 1.29 is 9.47 Å². The van der Waals surface area contributed by atoms with Crippen molar-refractivity contribution in [1.29, 1.82) is 0 Å². The van der Waals surface area contributed by atoms with Gasteiger partial charge in [-0.1, -0.05) is 6.92 Å². The summed E-state index contributed by atoms with van der Waals surface area (Å²) in [5.74, 6) is 0. The highest BCUT2D eigenvalue weighted by Crippen LogP contribution is 2.38. The Balaban J connectivity index is 1.72. The van der Waals surface area contributed by atoms with Crippen molar-refractivity contribution in [3.63, 3.8) is 0 Å². The van der Waals surface area contributed by atoms with E-state index in [4.69, 9.17) is 9.47 Å². The number of aromatic amines is 1. The van der Waals surface area contributed by atoms with E-state index < -0.39 is 0 Å². The lowest BCUT2D eigenvalue weighted by Crippen LogP contribution is -2.40. The topological polar surface area (TPSA) is 40.7 Å². The lowest BCUT2D eigenvalue weighted by molar-refractivity contribution is 0.0413. The molecule has 138 valence electrons. The second kappa shape index (κ2) is 7.52. The fraction of sp³-hybridized carbons (Fsp3) is 0.700. The van der Waals surface area contributed by atoms with Crippen LogP contribution in [0.1, 0.15) is 35.9 Å². The van der Waals surface area contributed by atoms with E-state index in [0.29, 0.717) is 0 Å². The maximum absolute atomic E-state index is 5.63. The van der Waals surface area contributed by atoms with E-state index in [1.54, 1.807) is 5.57 Å². The molecule has 2 fully saturated rings. The van der Waals surface area contributed by atoms with Gasteiger partial charge in [0.05, 0.1) is 26.4 Å². The van der Waals surface area contributed by atoms with E-state index in [1.807, 2.05) is 0 Å². The van der Waals surface area contributed by atoms with Gasteiger partial charge in [-0.3, -0.25) is 4.90 Å². The van der Waals surface area contributed by atoms with Crippen molar-refractivity contribution in [2.75, 3.05) is 59.2 Å². The summed E-state index contributed by atoms with van der Waals surface area (Å²) >= 11 is 0. The van der Waals surface area contributed by atoms with Crippen LogP contribution in [0.25, 0.3) is 5.70 Å². The van der Waals surface area contributed by atoms with Crippen molar-refractivity contribution in [2.24, 2.45) is 0 Å². The molecule has 0 unspecified atom stereocenters. The van der Waals surface area contributed by atoms with Crippen LogP contribution in [-0.2, 0) is 22.3 Å². The molecular weight excluding hydrogens is 314 g/mol. The first-order chi connectivity index (χ1) is 12.3. The third kappa shape index (κ3) is 3.37. The Hall–Kier alpha value is -1.30. The van der Waals surface area contributed by atoms with Gasteiger partial charge in [0.15, 0.2) is 0 Å². The number of nitrogens with zero attached hydrogens (tertiary/aromatic N) is 2. The monoisotopic (exact) mass is 345 g/mol. The quantitative estimate of drug-likeness (QED) is 0.908. The first kappa shape index (κ1) is 17.1. The van der Waals surface area contributed by atoms with Gasteiger partial charge in [0.1, 0.15) is 0 Å². The molecule has 0 aromatic carbocycles. The van der Waals surface area contributed by atoms with E-state index in [0.717, 1.165) is 72.0 Å². The van der Waals surface area contributed by atoms with Crippen LogP contribution < -0.4 is 0 Å². The molecule has 0 saturated carbocycles. The Morgan fingerprint density at radius 3 is 2.32 bits per heavy atom. The Morgan fingerprint density at radius 2 is 1.64 bits per heavy atom. The van der Waals surface area contributed by atoms with E-state index >= 15 is 0 Å². The van der Waals surface area contributed by atoms with Gasteiger partial charge < -0.3 is 19.4 Å². The van der Waals surface area contributed by atoms with Gasteiger partial charge in [0.2, 0.25) is 0 Å². The fourth-order valence-electron chi connectivity index (χ4n) is 4.57. The molecule has 0 radical (unpaired) electrons. The van der Waals surface area contributed by atoms with Crippen molar-refractivity contribution >= 4 is 5.70 Å². The van der Waals surface area contributed by atoms with Crippen molar-refractivity contribution in [3.8, 4) is 0 Å². The molecule has 2 aliphatic heterocycles. The number of morpholine rings is 2. The Kier molecular flexibility index (Phi) is 5.15. The lowest BCUT2D eigenvalue weighted by atomic mass is 9.89. The van der Waals surface area contributed by atoms with Crippen LogP contribution in [0, 0.1) is 6.92 Å². The largest absolute Gasteiger partial charge is 0.379 e. The summed E-state index contributed by atoms with van der Waals surface area (Å²) in [6, 6.07) is 0. The standard InChI is InChI=1S/C20H31N3O2/c1-3-17-15(2)21-18-5-4-16(14-22-6-10-24-11-7-22)20(19(17)18)23-8-12-25-13-9-23/h21H,3-14H2,1-2H3. The van der Waals surface area contributed by atoms with Gasteiger partial charge in [0, 0.05) is 55.4 Å². The predicted molar refractivity (Wildman–Crippen MR) is 99.8 cm³/mol. The molecule has 4 rings (SSSR count). The number of ether oxygens (including phenoxy) is 2. The molecule has 0 atom stereocenters. The number of aromatic nitrogens is 1. The zero-order chi connectivity index (χ0) is 17.2. The molecule has 0 bridgehead atoms. The molecule has 2 saturated heterocycles. The van der Waals surface area contributed by atoms with Crippen LogP contribution in [0.3, 0.4) is 0 Å². The summed E-state index contributed by atoms with van der Waals surface area (Å²) in [5, 5.41) is 0. The van der Waals surface area contributed by atoms with Crippen molar-refractivity contribution in [2.45, 2.75) is 33.1 Å². The predicted octanol–water partition coefficient (Wildman–Crippen LogP) is 2.21. The van der Waals surface area contributed by atoms with Crippen molar-refractivity contribution in [1.82, 2.24) is 14.8 Å². The Morgan fingerprint density at radius 1 is 0.960 bits per heavy atom. The zero-order valence-electron chi connectivity index (χ0n) is 15.7. The summed E-state index contributed by atoms with van der Waals surface area (Å²) in [6.45, 7) is 13.2. The van der Waals surface area contributed by atoms with Gasteiger partial charge >= 0.3 is 0 Å². The first-order valence-electron chi connectivity index (χ1n) is 9.83. The second-order valence-electron chi connectivity index (χ2n) is 7.38. The van der Waals surface area contributed by atoms with E-state index in [-0.39, 0.29) is 0 Å². The van der Waals surface area contributed by atoms with Crippen LogP contribution in [-0.4, -0.2) is 73.9 Å². The third-order valence-corrected chi connectivity index (χ3v) is 5.84. The van der Waals surface area contributed by atoms with E-state index in [9.17, 15) is 0 Å². The minimum atomic E-state index is 0.842. The zero-order valence-corrected chi connectivity index (χ0v) is 15.7. The van der Waals surface area contributed by atoms with Crippen LogP contribution in [0.4, 0.5) is 0 Å². The van der Waals surface area contributed by atoms with Crippen LogP contribution in [0.5, 0.6) is 0 Å². The number of aryl methyl sites for hydroxylation is 2. The average Bonchev–Trinajstić information content (AvgIpc) is 2.98. The highest BCUT2D eigenvalue weighted by Gasteiger charge is 2.30. The summed E-state index contributed by atoms with van der Waals surface area (Å²) in [6.07, 6.45) is 3.40. The van der Waals surface area contributed by atoms with Gasteiger partial charge in [-0.25, -0.2) is 0 Å². The molecular formula is C20H31N3O2. The Bertz CT molecular complexity index is 638. The molecule has 1 aromatic heterocycles. The summed E-state index contributed by atoms with van der Waals surface area (Å²) in [7, 11) is 0. The molecule has 3 heterocycles. The lowest BCUT2D eigenvalue weighted by Gasteiger charge is -2.37. The summed E-state index contributed by atoms with van der Waals surface area (Å²) in [5.41, 5.74) is 8.95. The number of hydrogen-bond acceptors (Lipinski definition) is 4. The highest BCUT2D eigenvalue weighted by molar-refractivity contribution is 5.75. The molecule has 5 heteroatoms. The Labute approximate surface area is 151 Å². The molecule has 0 amide bonds. The molecule has 1 aliphatic carbocycles. The van der Waals surface area contributed by atoms with Crippen LogP contribution >= 0.6 is 0 Å². The molecule has 1 aromatic rings. The van der Waals surface area contributed by atoms with Crippen LogP contribution in [0.2, 0.25) is 0 Å². The van der Waals surface area contributed by atoms with Gasteiger partial charge in [-0.05, 0) is 37.3 Å². The number of hydrogen-bond donors (Lipinski definition) is 1. The van der Waals surface area contributed by atoms with Gasteiger partial charge in [-0.15, -0.1) is 0 Å². The molecule has 5 nitrogen and oxygen atoms in total. The smallest absolute Gasteiger partial charge is 0.0642 e. The third-order valence-electron chi connectivity index (χ3n) is 5.84. The van der Waals surface area contributed by atoms with Crippen molar-refractivity contribution in [3.05, 3.63) is 28.1 Å². The minimum Gasteiger partial charge on any atom is -0.379 e. The van der Waals surface area contributed by atoms with E-state index in [1.165, 1.54) is 34.6 Å². The average molecular weight is 345 g/mol. The molecule has 1 N–H and O–H groups in total. The molecule has 25 heavy (non-hydrogen) atoms. The summed E-state index contributed by atoms with van der Waals surface area (Å²) < 4.78 is 11.2. The number of H-pyrrole nitrogens is 1. The number of rotatable bonds is 4. The number of nitrogens with one attached hydrogen (secondary N) is 1. The maximum atomic E-state index is 5.63. The van der Waals surface area contributed by atoms with Crippen LogP contribution in [0.15, 0.2) is 5.57 Å². The minimum absolute atomic E-state index is 0.842.